The van der Waals surface area contributed by atoms with Gasteiger partial charge in [0.15, 0.2) is 0 Å². The van der Waals surface area contributed by atoms with E-state index in [1.54, 1.807) is 13.3 Å². The SMILES string of the molecule is CCCNC(c1ccc(Cl)c(Br)c1)c1ncccc1OC. The summed E-state index contributed by atoms with van der Waals surface area (Å²) in [5, 5.41) is 4.21. The second-order valence-corrected chi connectivity index (χ2v) is 5.91. The standard InChI is InChI=1S/C16H18BrClN2O/c1-3-8-19-15(11-6-7-13(18)12(17)10-11)16-14(21-2)5-4-9-20-16/h4-7,9-10,15,19H,3,8H2,1-2H3. The highest BCUT2D eigenvalue weighted by Crippen LogP contribution is 2.31. The van der Waals surface area contributed by atoms with Crippen molar-refractivity contribution >= 4 is 27.5 Å². The molecule has 2 rings (SSSR count). The maximum atomic E-state index is 6.09. The third-order valence-corrected chi connectivity index (χ3v) is 4.38. The van der Waals surface area contributed by atoms with Gasteiger partial charge >= 0.3 is 0 Å². The third-order valence-electron chi connectivity index (χ3n) is 3.17. The predicted molar refractivity (Wildman–Crippen MR) is 90.1 cm³/mol. The summed E-state index contributed by atoms with van der Waals surface area (Å²) in [7, 11) is 1.66. The molecule has 1 N–H and O–H groups in total. The van der Waals surface area contributed by atoms with Crippen LogP contribution in [0.15, 0.2) is 41.0 Å². The smallest absolute Gasteiger partial charge is 0.142 e. The van der Waals surface area contributed by atoms with E-state index in [-0.39, 0.29) is 6.04 Å². The van der Waals surface area contributed by atoms with Crippen molar-refractivity contribution in [2.24, 2.45) is 0 Å². The summed E-state index contributed by atoms with van der Waals surface area (Å²) in [6.07, 6.45) is 2.82. The highest BCUT2D eigenvalue weighted by atomic mass is 79.9. The number of ether oxygens (including phenoxy) is 1. The van der Waals surface area contributed by atoms with Crippen LogP contribution in [-0.4, -0.2) is 18.6 Å². The van der Waals surface area contributed by atoms with Crippen molar-refractivity contribution in [1.82, 2.24) is 10.3 Å². The highest BCUT2D eigenvalue weighted by molar-refractivity contribution is 9.10. The van der Waals surface area contributed by atoms with E-state index >= 15 is 0 Å². The molecule has 5 heteroatoms. The Morgan fingerprint density at radius 2 is 2.19 bits per heavy atom. The summed E-state index contributed by atoms with van der Waals surface area (Å²) in [5.74, 6) is 0.775. The molecule has 0 saturated carbocycles. The molecule has 1 aromatic carbocycles. The maximum absolute atomic E-state index is 6.09. The molecule has 0 amide bonds. The molecule has 0 saturated heterocycles. The predicted octanol–water partition coefficient (Wildman–Crippen LogP) is 4.60. The van der Waals surface area contributed by atoms with Gasteiger partial charge in [0, 0.05) is 10.7 Å². The van der Waals surface area contributed by atoms with Crippen LogP contribution in [0.2, 0.25) is 5.02 Å². The summed E-state index contributed by atoms with van der Waals surface area (Å²) in [6.45, 7) is 3.03. The first kappa shape index (κ1) is 16.3. The molecule has 1 heterocycles. The molecule has 21 heavy (non-hydrogen) atoms. The quantitative estimate of drug-likeness (QED) is 0.808. The summed E-state index contributed by atoms with van der Waals surface area (Å²) >= 11 is 9.57. The summed E-state index contributed by atoms with van der Waals surface area (Å²) in [4.78, 5) is 4.50. The van der Waals surface area contributed by atoms with Crippen molar-refractivity contribution in [1.29, 1.82) is 0 Å². The van der Waals surface area contributed by atoms with Gasteiger partial charge in [-0.2, -0.15) is 0 Å². The lowest BCUT2D eigenvalue weighted by Crippen LogP contribution is -2.24. The molecular weight excluding hydrogens is 352 g/mol. The van der Waals surface area contributed by atoms with Gasteiger partial charge in [-0.15, -0.1) is 0 Å². The minimum absolute atomic E-state index is 0.0327. The van der Waals surface area contributed by atoms with Crippen LogP contribution in [0.4, 0.5) is 0 Å². The molecular formula is C16H18BrClN2O. The number of nitrogens with zero attached hydrogens (tertiary/aromatic N) is 1. The van der Waals surface area contributed by atoms with Crippen LogP contribution in [0.5, 0.6) is 5.75 Å². The monoisotopic (exact) mass is 368 g/mol. The fraction of sp³-hybridized carbons (Fsp3) is 0.312. The molecule has 0 spiro atoms. The van der Waals surface area contributed by atoms with Crippen LogP contribution in [0, 0.1) is 0 Å². The topological polar surface area (TPSA) is 34.2 Å². The van der Waals surface area contributed by atoms with E-state index in [9.17, 15) is 0 Å². The Hall–Kier alpha value is -1.10. The molecule has 1 atom stereocenters. The van der Waals surface area contributed by atoms with Crippen LogP contribution in [0.3, 0.4) is 0 Å². The van der Waals surface area contributed by atoms with Crippen LogP contribution >= 0.6 is 27.5 Å². The van der Waals surface area contributed by atoms with Crippen LogP contribution < -0.4 is 10.1 Å². The van der Waals surface area contributed by atoms with Crippen molar-refractivity contribution in [2.45, 2.75) is 19.4 Å². The van der Waals surface area contributed by atoms with Crippen molar-refractivity contribution in [3.05, 3.63) is 57.3 Å². The van der Waals surface area contributed by atoms with E-state index in [2.05, 4.69) is 33.2 Å². The molecule has 0 fully saturated rings. The molecule has 2 aromatic rings. The number of hydrogen-bond acceptors (Lipinski definition) is 3. The summed E-state index contributed by atoms with van der Waals surface area (Å²) in [6, 6.07) is 9.68. The van der Waals surface area contributed by atoms with Crippen molar-refractivity contribution < 1.29 is 4.74 Å². The fourth-order valence-corrected chi connectivity index (χ4v) is 2.66. The third kappa shape index (κ3) is 3.96. The van der Waals surface area contributed by atoms with Gasteiger partial charge in [0.25, 0.3) is 0 Å². The minimum atomic E-state index is -0.0327. The van der Waals surface area contributed by atoms with Crippen molar-refractivity contribution in [3.8, 4) is 5.75 Å². The van der Waals surface area contributed by atoms with Gasteiger partial charge in [0.1, 0.15) is 11.4 Å². The number of nitrogens with one attached hydrogen (secondary N) is 1. The molecule has 0 bridgehead atoms. The average molecular weight is 370 g/mol. The zero-order chi connectivity index (χ0) is 15.2. The molecule has 1 aromatic heterocycles. The van der Waals surface area contributed by atoms with Gasteiger partial charge in [0.2, 0.25) is 0 Å². The van der Waals surface area contributed by atoms with Gasteiger partial charge in [-0.05, 0) is 58.7 Å². The summed E-state index contributed by atoms with van der Waals surface area (Å²) in [5.41, 5.74) is 1.97. The average Bonchev–Trinajstić information content (AvgIpc) is 2.51. The van der Waals surface area contributed by atoms with Gasteiger partial charge in [-0.25, -0.2) is 0 Å². The van der Waals surface area contributed by atoms with Gasteiger partial charge in [-0.3, -0.25) is 4.98 Å². The Bertz CT molecular complexity index is 607. The van der Waals surface area contributed by atoms with Crippen molar-refractivity contribution in [2.75, 3.05) is 13.7 Å². The molecule has 0 aliphatic rings. The van der Waals surface area contributed by atoms with Gasteiger partial charge in [0.05, 0.1) is 18.2 Å². The molecule has 0 aliphatic carbocycles. The number of pyridine rings is 1. The Morgan fingerprint density at radius 1 is 1.38 bits per heavy atom. The summed E-state index contributed by atoms with van der Waals surface area (Å²) < 4.78 is 6.32. The van der Waals surface area contributed by atoms with E-state index in [1.807, 2.05) is 30.3 Å². The lowest BCUT2D eigenvalue weighted by molar-refractivity contribution is 0.399. The number of aromatic nitrogens is 1. The molecule has 3 nitrogen and oxygen atoms in total. The van der Waals surface area contributed by atoms with E-state index in [4.69, 9.17) is 16.3 Å². The molecule has 0 radical (unpaired) electrons. The number of benzene rings is 1. The number of methoxy groups -OCH3 is 1. The zero-order valence-corrected chi connectivity index (χ0v) is 14.4. The second-order valence-electron chi connectivity index (χ2n) is 4.65. The molecule has 0 aliphatic heterocycles. The Morgan fingerprint density at radius 3 is 2.86 bits per heavy atom. The number of halogens is 2. The highest BCUT2D eigenvalue weighted by Gasteiger charge is 2.19. The van der Waals surface area contributed by atoms with Gasteiger partial charge < -0.3 is 10.1 Å². The first-order chi connectivity index (χ1) is 10.2. The van der Waals surface area contributed by atoms with E-state index in [0.717, 1.165) is 34.4 Å². The van der Waals surface area contributed by atoms with Crippen LogP contribution in [0.25, 0.3) is 0 Å². The normalized spacial score (nSPS) is 12.2. The Labute approximate surface area is 138 Å². The first-order valence-electron chi connectivity index (χ1n) is 6.84. The van der Waals surface area contributed by atoms with Gasteiger partial charge in [-0.1, -0.05) is 24.6 Å². The zero-order valence-electron chi connectivity index (χ0n) is 12.1. The second kappa shape index (κ2) is 7.78. The van der Waals surface area contributed by atoms with Crippen LogP contribution in [-0.2, 0) is 0 Å². The van der Waals surface area contributed by atoms with Crippen LogP contribution in [0.1, 0.15) is 30.6 Å². The van der Waals surface area contributed by atoms with E-state index in [1.165, 1.54) is 0 Å². The first-order valence-corrected chi connectivity index (χ1v) is 8.01. The van der Waals surface area contributed by atoms with Crippen molar-refractivity contribution in [3.63, 3.8) is 0 Å². The molecule has 1 unspecified atom stereocenters. The minimum Gasteiger partial charge on any atom is -0.495 e. The largest absolute Gasteiger partial charge is 0.495 e. The fourth-order valence-electron chi connectivity index (χ4n) is 2.15. The van der Waals surface area contributed by atoms with E-state index in [0.29, 0.717) is 5.02 Å². The lowest BCUT2D eigenvalue weighted by Gasteiger charge is -2.21. The Balaban J connectivity index is 2.44. The maximum Gasteiger partial charge on any atom is 0.142 e. The number of hydrogen-bond donors (Lipinski definition) is 1. The number of rotatable bonds is 6. The van der Waals surface area contributed by atoms with E-state index < -0.39 is 0 Å². The lowest BCUT2D eigenvalue weighted by atomic mass is 10.0. The Kier molecular flexibility index (Phi) is 6.03. The molecule has 112 valence electrons.